The summed E-state index contributed by atoms with van der Waals surface area (Å²) in [6.07, 6.45) is 2.60. The molecule has 0 aromatic heterocycles. The fraction of sp³-hybridized carbons (Fsp3) is 0.667. The van der Waals surface area contributed by atoms with Crippen molar-refractivity contribution in [2.75, 3.05) is 45.9 Å². The number of carboxylic acids is 3. The van der Waals surface area contributed by atoms with Gasteiger partial charge in [-0.3, -0.25) is 29.4 Å². The topological polar surface area (TPSA) is 478 Å². The third-order valence-electron chi connectivity index (χ3n) is 4.75. The average Bonchev–Trinajstić information content (AvgIpc) is 3.04. The smallest absolute Gasteiger partial charge is 0.334 e. The molecule has 0 radical (unpaired) electrons. The molecule has 24 heteroatoms. The summed E-state index contributed by atoms with van der Waals surface area (Å²) in [6, 6.07) is -4.27. The Bertz CT molecular complexity index is 976. The largest absolute Gasteiger partial charge is 0.480 e. The van der Waals surface area contributed by atoms with Crippen molar-refractivity contribution in [2.45, 2.75) is 56.3 Å². The van der Waals surface area contributed by atoms with Crippen molar-refractivity contribution < 1.29 is 63.1 Å². The van der Waals surface area contributed by atoms with Crippen LogP contribution in [0.15, 0.2) is 0 Å². The summed E-state index contributed by atoms with van der Waals surface area (Å²) < 4.78 is 13.7. The summed E-state index contributed by atoms with van der Waals surface area (Å²) >= 11 is 0. The van der Waals surface area contributed by atoms with E-state index in [0.29, 0.717) is 38.8 Å². The number of carboxylic acid groups (broad SMARTS) is 3. The maximum absolute atomic E-state index is 11.5. The van der Waals surface area contributed by atoms with Crippen molar-refractivity contribution in [3.8, 4) is 0 Å². The molecule has 0 aliphatic rings. The van der Waals surface area contributed by atoms with Crippen LogP contribution in [0.1, 0.15) is 32.1 Å². The number of nitrogens with one attached hydrogen (secondary N) is 2. The zero-order valence-corrected chi connectivity index (χ0v) is 26.4. The Labute approximate surface area is 275 Å². The van der Waals surface area contributed by atoms with Gasteiger partial charge in [0.25, 0.3) is 0 Å². The van der Waals surface area contributed by atoms with Gasteiger partial charge in [-0.05, 0) is 32.2 Å². The number of esters is 4. The molecule has 0 heterocycles. The van der Waals surface area contributed by atoms with Gasteiger partial charge in [0, 0.05) is 6.54 Å². The third-order valence-corrected chi connectivity index (χ3v) is 4.75. The van der Waals surface area contributed by atoms with E-state index in [1.165, 1.54) is 0 Å². The Hall–Kier alpha value is -4.56. The van der Waals surface area contributed by atoms with Crippen molar-refractivity contribution in [1.82, 2.24) is 5.32 Å². The number of hydrogen-bond donors (Lipinski definition) is 14. The molecular weight excluding hydrogens is 650 g/mol. The van der Waals surface area contributed by atoms with Crippen LogP contribution in [0.4, 0.5) is 0 Å². The molecule has 48 heavy (non-hydrogen) atoms. The van der Waals surface area contributed by atoms with Crippen molar-refractivity contribution in [2.24, 2.45) is 51.6 Å². The van der Waals surface area contributed by atoms with Crippen LogP contribution in [0.2, 0.25) is 0 Å². The van der Waals surface area contributed by atoms with Gasteiger partial charge in [0.05, 0.1) is 19.6 Å². The van der Waals surface area contributed by atoms with Crippen LogP contribution in [0.5, 0.6) is 0 Å². The van der Waals surface area contributed by atoms with Crippen LogP contribution in [-0.2, 0) is 47.8 Å². The number of guanidine groups is 1. The molecule has 0 fully saturated rings. The molecule has 24 nitrogen and oxygen atoms in total. The van der Waals surface area contributed by atoms with Crippen molar-refractivity contribution in [3.63, 3.8) is 0 Å². The second-order valence-electron chi connectivity index (χ2n) is 8.98. The second-order valence-corrected chi connectivity index (χ2v) is 8.98. The summed E-state index contributed by atoms with van der Waals surface area (Å²) in [4.78, 5) is 73.8. The van der Waals surface area contributed by atoms with Gasteiger partial charge in [-0.2, -0.15) is 0 Å². The van der Waals surface area contributed by atoms with Crippen LogP contribution in [0.3, 0.4) is 0 Å². The Morgan fingerprint density at radius 3 is 1.48 bits per heavy atom. The van der Waals surface area contributed by atoms with Gasteiger partial charge in [0.2, 0.25) is 0 Å². The number of hydrogen-bond acceptors (Lipinski definition) is 19. The van der Waals surface area contributed by atoms with E-state index in [-0.39, 0.29) is 25.6 Å². The van der Waals surface area contributed by atoms with Crippen LogP contribution in [0.25, 0.3) is 0 Å². The van der Waals surface area contributed by atoms with E-state index in [9.17, 15) is 33.6 Å². The standard InChI is InChI=1S/C11H22N4O5.C9H19N5O4.2C2H5NO2/c12-4-2-1-3-7(14)10(17)20-11(18)8(15)6-19-9(16)5-13;10-5(2-1-3-14-9(12)13)8(17)18-4-6(11)7(15)16;2*3-1-2(4)5/h7-8H,1-6,12-15H2;5-6H,1-4,10-11H2,(H,15,16)(H4,12,13,14);2*1,3H2,(H,4,5)/t7-,8-;5-,6-;;/m00../s1. The van der Waals surface area contributed by atoms with E-state index < -0.39 is 79.2 Å². The van der Waals surface area contributed by atoms with E-state index in [1.54, 1.807) is 0 Å². The first kappa shape index (κ1) is 50.3. The molecule has 0 aromatic rings. The van der Waals surface area contributed by atoms with Gasteiger partial charge < -0.3 is 86.4 Å². The minimum Gasteiger partial charge on any atom is -0.480 e. The lowest BCUT2D eigenvalue weighted by atomic mass is 10.1. The molecule has 0 amide bonds. The average molecular weight is 702 g/mol. The number of rotatable bonds is 19. The van der Waals surface area contributed by atoms with Gasteiger partial charge in [-0.1, -0.05) is 6.42 Å². The lowest BCUT2D eigenvalue weighted by Gasteiger charge is -2.13. The zero-order valence-electron chi connectivity index (χ0n) is 26.4. The minimum absolute atomic E-state index is 0.154. The van der Waals surface area contributed by atoms with Gasteiger partial charge in [-0.15, -0.1) is 0 Å². The van der Waals surface area contributed by atoms with Gasteiger partial charge in [0.1, 0.15) is 37.4 Å². The molecule has 0 spiro atoms. The van der Waals surface area contributed by atoms with Crippen LogP contribution < -0.4 is 56.9 Å². The first-order valence-corrected chi connectivity index (χ1v) is 14.0. The Morgan fingerprint density at radius 1 is 0.625 bits per heavy atom. The first-order chi connectivity index (χ1) is 22.3. The predicted octanol–water partition coefficient (Wildman–Crippen LogP) is -7.07. The Kier molecular flexibility index (Phi) is 33.9. The molecule has 0 aliphatic carbocycles. The van der Waals surface area contributed by atoms with E-state index in [2.05, 4.69) is 31.0 Å². The highest BCUT2D eigenvalue weighted by molar-refractivity contribution is 5.90. The van der Waals surface area contributed by atoms with Crippen molar-refractivity contribution in [3.05, 3.63) is 0 Å². The Balaban J connectivity index is -0.000000315. The predicted molar refractivity (Wildman–Crippen MR) is 167 cm³/mol. The lowest BCUT2D eigenvalue weighted by Crippen LogP contribution is -2.42. The molecular formula is C24H51N11O13. The number of aliphatic carboxylic acids is 3. The highest BCUT2D eigenvalue weighted by Gasteiger charge is 2.24. The maximum atomic E-state index is 11.5. The molecule has 280 valence electrons. The first-order valence-electron chi connectivity index (χ1n) is 14.0. The minimum atomic E-state index is -1.26. The van der Waals surface area contributed by atoms with Crippen LogP contribution >= 0.6 is 0 Å². The number of carbonyl (C=O) groups is 7. The van der Waals surface area contributed by atoms with E-state index in [4.69, 9.17) is 60.9 Å². The van der Waals surface area contributed by atoms with E-state index in [1.807, 2.05) is 0 Å². The van der Waals surface area contributed by atoms with Crippen molar-refractivity contribution in [1.29, 1.82) is 5.41 Å². The molecule has 0 unspecified atom stereocenters. The highest BCUT2D eigenvalue weighted by Crippen LogP contribution is 2.01. The SMILES string of the molecule is N=C(N)NCCC[C@H](N)C(=O)OC[C@H](N)C(=O)O.NCC(=O)O.NCC(=O)O.NCCCC[C@H](N)C(=O)OC(=O)[C@@H](N)COC(=O)CN. The number of ether oxygens (including phenoxy) is 3. The van der Waals surface area contributed by atoms with E-state index in [0.717, 1.165) is 6.42 Å². The second kappa shape index (κ2) is 32.4. The molecule has 0 bridgehead atoms. The Morgan fingerprint density at radius 2 is 1.06 bits per heavy atom. The van der Waals surface area contributed by atoms with E-state index >= 15 is 0 Å². The molecule has 0 saturated heterocycles. The normalized spacial score (nSPS) is 12.2. The molecule has 0 aliphatic heterocycles. The zero-order chi connectivity index (χ0) is 38.2. The summed E-state index contributed by atoms with van der Waals surface area (Å²) in [5.41, 5.74) is 46.1. The number of carbonyl (C=O) groups excluding carboxylic acids is 4. The fourth-order valence-corrected chi connectivity index (χ4v) is 2.20. The molecule has 4 atom stereocenters. The third kappa shape index (κ3) is 35.9. The maximum Gasteiger partial charge on any atom is 0.334 e. The molecule has 0 saturated carbocycles. The van der Waals surface area contributed by atoms with Gasteiger partial charge >= 0.3 is 41.8 Å². The molecule has 23 N–H and O–H groups in total. The molecule has 0 rings (SSSR count). The van der Waals surface area contributed by atoms with Crippen LogP contribution in [-0.4, -0.2) is 133 Å². The summed E-state index contributed by atoms with van der Waals surface area (Å²) in [5, 5.41) is 33.1. The molecule has 0 aromatic carbocycles. The van der Waals surface area contributed by atoms with Gasteiger partial charge in [-0.25, -0.2) is 9.59 Å². The number of nitrogens with two attached hydrogens (primary N) is 9. The highest BCUT2D eigenvalue weighted by atomic mass is 16.6. The van der Waals surface area contributed by atoms with Crippen molar-refractivity contribution >= 4 is 47.7 Å². The number of unbranched alkanes of at least 4 members (excludes halogenated alkanes) is 1. The summed E-state index contributed by atoms with van der Waals surface area (Å²) in [6.45, 7) is -0.784. The lowest BCUT2D eigenvalue weighted by molar-refractivity contribution is -0.163. The monoisotopic (exact) mass is 701 g/mol. The summed E-state index contributed by atoms with van der Waals surface area (Å²) in [7, 11) is 0. The van der Waals surface area contributed by atoms with Gasteiger partial charge in [0.15, 0.2) is 5.96 Å². The quantitative estimate of drug-likeness (QED) is 0.0148. The summed E-state index contributed by atoms with van der Waals surface area (Å²) in [5.74, 6) is -6.62. The van der Waals surface area contributed by atoms with Crippen LogP contribution in [0, 0.1) is 5.41 Å². The fourth-order valence-electron chi connectivity index (χ4n) is 2.20.